The second-order valence-electron chi connectivity index (χ2n) is 6.58. The van der Waals surface area contributed by atoms with Crippen LogP contribution in [0.15, 0.2) is 0 Å². The van der Waals surface area contributed by atoms with E-state index < -0.39 is 0 Å². The first-order chi connectivity index (χ1) is 8.25. The van der Waals surface area contributed by atoms with Crippen molar-refractivity contribution in [3.63, 3.8) is 0 Å². The Balaban J connectivity index is 1.79. The Hall–Kier alpha value is -0.120. The summed E-state index contributed by atoms with van der Waals surface area (Å²) in [6.07, 6.45) is 8.30. The molecule has 98 valence electrons. The van der Waals surface area contributed by atoms with Crippen molar-refractivity contribution in [3.05, 3.63) is 0 Å². The number of aliphatic hydroxyl groups excluding tert-OH is 2. The van der Waals surface area contributed by atoms with E-state index in [0.717, 1.165) is 30.8 Å². The van der Waals surface area contributed by atoms with Crippen molar-refractivity contribution in [3.8, 4) is 0 Å². The molecule has 0 amide bonds. The van der Waals surface area contributed by atoms with E-state index in [4.69, 9.17) is 0 Å². The SMILES string of the molecule is OCCN(CCO)C12CC3CC(CC(C3)C1)C2. The summed E-state index contributed by atoms with van der Waals surface area (Å²) in [5.74, 6) is 2.79. The molecule has 3 heteroatoms. The molecule has 0 aliphatic heterocycles. The zero-order valence-electron chi connectivity index (χ0n) is 10.6. The van der Waals surface area contributed by atoms with Gasteiger partial charge in [0, 0.05) is 18.6 Å². The van der Waals surface area contributed by atoms with Gasteiger partial charge in [0.15, 0.2) is 0 Å². The number of hydrogen-bond donors (Lipinski definition) is 2. The van der Waals surface area contributed by atoms with Crippen LogP contribution in [0, 0.1) is 17.8 Å². The van der Waals surface area contributed by atoms with Gasteiger partial charge in [-0.2, -0.15) is 0 Å². The van der Waals surface area contributed by atoms with Gasteiger partial charge >= 0.3 is 0 Å². The lowest BCUT2D eigenvalue weighted by atomic mass is 9.52. The lowest BCUT2D eigenvalue weighted by Crippen LogP contribution is -2.61. The third-order valence-electron chi connectivity index (χ3n) is 5.42. The highest BCUT2D eigenvalue weighted by molar-refractivity contribution is 5.07. The van der Waals surface area contributed by atoms with E-state index in [2.05, 4.69) is 4.90 Å². The number of aliphatic hydroxyl groups is 2. The van der Waals surface area contributed by atoms with E-state index in [1.807, 2.05) is 0 Å². The lowest BCUT2D eigenvalue weighted by Gasteiger charge is -2.60. The molecule has 4 rings (SSSR count). The Kier molecular flexibility index (Phi) is 3.18. The number of β-amino-alcohol motifs (C(OH)–C–C–N with tert-alkyl or cyclic N) is 2. The fraction of sp³-hybridized carbons (Fsp3) is 1.00. The standard InChI is InChI=1S/C14H25NO2/c16-3-1-15(2-4-17)14-8-11-5-12(9-14)7-13(6-11)10-14/h11-13,16-17H,1-10H2. The maximum atomic E-state index is 9.24. The highest BCUT2D eigenvalue weighted by Gasteiger charge is 2.53. The monoisotopic (exact) mass is 239 g/mol. The third kappa shape index (κ3) is 2.02. The van der Waals surface area contributed by atoms with Gasteiger partial charge in [-0.3, -0.25) is 4.90 Å². The molecule has 4 fully saturated rings. The Morgan fingerprint density at radius 1 is 0.824 bits per heavy atom. The summed E-state index contributed by atoms with van der Waals surface area (Å²) < 4.78 is 0. The first-order valence-electron chi connectivity index (χ1n) is 7.22. The zero-order chi connectivity index (χ0) is 11.9. The largest absolute Gasteiger partial charge is 0.395 e. The van der Waals surface area contributed by atoms with Crippen LogP contribution in [-0.2, 0) is 0 Å². The fourth-order valence-electron chi connectivity index (χ4n) is 5.28. The Morgan fingerprint density at radius 2 is 1.24 bits per heavy atom. The molecule has 4 saturated carbocycles. The van der Waals surface area contributed by atoms with Gasteiger partial charge in [0.25, 0.3) is 0 Å². The Labute approximate surface area is 104 Å². The maximum absolute atomic E-state index is 9.24. The molecule has 2 N–H and O–H groups in total. The van der Waals surface area contributed by atoms with Crippen molar-refractivity contribution in [2.45, 2.75) is 44.1 Å². The van der Waals surface area contributed by atoms with Crippen molar-refractivity contribution < 1.29 is 10.2 Å². The van der Waals surface area contributed by atoms with Gasteiger partial charge < -0.3 is 10.2 Å². The summed E-state index contributed by atoms with van der Waals surface area (Å²) in [7, 11) is 0. The lowest BCUT2D eigenvalue weighted by molar-refractivity contribution is -0.0955. The number of nitrogens with zero attached hydrogens (tertiary/aromatic N) is 1. The van der Waals surface area contributed by atoms with Crippen LogP contribution in [0.2, 0.25) is 0 Å². The van der Waals surface area contributed by atoms with Crippen molar-refractivity contribution in [1.29, 1.82) is 0 Å². The van der Waals surface area contributed by atoms with Crippen molar-refractivity contribution >= 4 is 0 Å². The Bertz CT molecular complexity index is 238. The molecule has 0 radical (unpaired) electrons. The van der Waals surface area contributed by atoms with Gasteiger partial charge in [-0.05, 0) is 56.3 Å². The predicted molar refractivity (Wildman–Crippen MR) is 66.6 cm³/mol. The average molecular weight is 239 g/mol. The van der Waals surface area contributed by atoms with E-state index in [-0.39, 0.29) is 13.2 Å². The maximum Gasteiger partial charge on any atom is 0.0558 e. The summed E-state index contributed by atoms with van der Waals surface area (Å²) in [6, 6.07) is 0. The molecule has 4 aliphatic carbocycles. The minimum Gasteiger partial charge on any atom is -0.395 e. The van der Waals surface area contributed by atoms with Crippen LogP contribution in [-0.4, -0.2) is 47.0 Å². The van der Waals surface area contributed by atoms with Crippen LogP contribution in [0.1, 0.15) is 38.5 Å². The first kappa shape index (κ1) is 11.9. The van der Waals surface area contributed by atoms with E-state index in [1.54, 1.807) is 0 Å². The molecule has 0 aromatic carbocycles. The molecule has 0 unspecified atom stereocenters. The van der Waals surface area contributed by atoms with Gasteiger partial charge in [-0.1, -0.05) is 0 Å². The third-order valence-corrected chi connectivity index (χ3v) is 5.42. The van der Waals surface area contributed by atoms with Gasteiger partial charge in [0.05, 0.1) is 13.2 Å². The average Bonchev–Trinajstić information content (AvgIpc) is 2.27. The van der Waals surface area contributed by atoms with Crippen molar-refractivity contribution in [1.82, 2.24) is 4.90 Å². The summed E-state index contributed by atoms with van der Waals surface area (Å²) in [4.78, 5) is 2.40. The van der Waals surface area contributed by atoms with Gasteiger partial charge in [0.2, 0.25) is 0 Å². The quantitative estimate of drug-likeness (QED) is 0.758. The second kappa shape index (κ2) is 4.52. The molecule has 4 aliphatic rings. The second-order valence-corrected chi connectivity index (χ2v) is 6.58. The highest BCUT2D eigenvalue weighted by atomic mass is 16.3. The van der Waals surface area contributed by atoms with Crippen LogP contribution < -0.4 is 0 Å². The van der Waals surface area contributed by atoms with Crippen LogP contribution in [0.5, 0.6) is 0 Å². The normalized spacial score (nSPS) is 43.6. The zero-order valence-corrected chi connectivity index (χ0v) is 10.6. The van der Waals surface area contributed by atoms with Crippen LogP contribution in [0.4, 0.5) is 0 Å². The molecule has 4 bridgehead atoms. The molecule has 0 aromatic rings. The molecule has 0 spiro atoms. The van der Waals surface area contributed by atoms with E-state index in [0.29, 0.717) is 5.54 Å². The molecule has 0 heterocycles. The molecule has 0 atom stereocenters. The van der Waals surface area contributed by atoms with E-state index in [1.165, 1.54) is 38.5 Å². The van der Waals surface area contributed by atoms with Crippen LogP contribution >= 0.6 is 0 Å². The van der Waals surface area contributed by atoms with Crippen LogP contribution in [0.3, 0.4) is 0 Å². The molecular formula is C14H25NO2. The van der Waals surface area contributed by atoms with Gasteiger partial charge in [-0.25, -0.2) is 0 Å². The molecule has 0 saturated heterocycles. The van der Waals surface area contributed by atoms with Crippen LogP contribution in [0.25, 0.3) is 0 Å². The fourth-order valence-corrected chi connectivity index (χ4v) is 5.28. The summed E-state index contributed by atoms with van der Waals surface area (Å²) in [5, 5.41) is 18.5. The van der Waals surface area contributed by atoms with Crippen molar-refractivity contribution in [2.24, 2.45) is 17.8 Å². The number of rotatable bonds is 5. The van der Waals surface area contributed by atoms with E-state index in [9.17, 15) is 10.2 Å². The summed E-state index contributed by atoms with van der Waals surface area (Å²) in [6.45, 7) is 1.93. The van der Waals surface area contributed by atoms with Crippen molar-refractivity contribution in [2.75, 3.05) is 26.3 Å². The van der Waals surface area contributed by atoms with Gasteiger partial charge in [0.1, 0.15) is 0 Å². The number of hydrogen-bond acceptors (Lipinski definition) is 3. The summed E-state index contributed by atoms with van der Waals surface area (Å²) >= 11 is 0. The molecular weight excluding hydrogens is 214 g/mol. The first-order valence-corrected chi connectivity index (χ1v) is 7.22. The summed E-state index contributed by atoms with van der Waals surface area (Å²) in [5.41, 5.74) is 0.334. The minimum absolute atomic E-state index is 0.224. The highest BCUT2D eigenvalue weighted by Crippen LogP contribution is 2.57. The minimum atomic E-state index is 0.224. The molecule has 3 nitrogen and oxygen atoms in total. The van der Waals surface area contributed by atoms with Gasteiger partial charge in [-0.15, -0.1) is 0 Å². The molecule has 0 aromatic heterocycles. The smallest absolute Gasteiger partial charge is 0.0558 e. The topological polar surface area (TPSA) is 43.7 Å². The molecule has 17 heavy (non-hydrogen) atoms. The predicted octanol–water partition coefficient (Wildman–Crippen LogP) is 1.24. The van der Waals surface area contributed by atoms with E-state index >= 15 is 0 Å². The Morgan fingerprint density at radius 3 is 1.59 bits per heavy atom.